The number of H-pyrrole nitrogens is 1. The van der Waals surface area contributed by atoms with Crippen molar-refractivity contribution in [1.29, 1.82) is 0 Å². The third-order valence-electron chi connectivity index (χ3n) is 4.55. The van der Waals surface area contributed by atoms with Crippen molar-refractivity contribution in [1.82, 2.24) is 20.3 Å². The summed E-state index contributed by atoms with van der Waals surface area (Å²) < 4.78 is 11.2. The summed E-state index contributed by atoms with van der Waals surface area (Å²) in [5.74, 6) is 1.97. The Hall–Kier alpha value is -3.09. The fourth-order valence-electron chi connectivity index (χ4n) is 2.93. The molecule has 0 aliphatic carbocycles. The minimum Gasteiger partial charge on any atom is -0.486 e. The van der Waals surface area contributed by atoms with Crippen molar-refractivity contribution in [3.05, 3.63) is 47.9 Å². The number of aromatic amines is 1. The van der Waals surface area contributed by atoms with Crippen molar-refractivity contribution >= 4 is 17.1 Å². The average Bonchev–Trinajstić information content (AvgIpc) is 3.08. The molecule has 3 heterocycles. The molecule has 0 radical (unpaired) electrons. The number of imidazole rings is 1. The van der Waals surface area contributed by atoms with Crippen molar-refractivity contribution in [2.45, 2.75) is 25.8 Å². The van der Waals surface area contributed by atoms with Crippen molar-refractivity contribution < 1.29 is 14.3 Å². The van der Waals surface area contributed by atoms with Crippen LogP contribution in [-0.4, -0.2) is 34.1 Å². The highest BCUT2D eigenvalue weighted by Gasteiger charge is 2.31. The van der Waals surface area contributed by atoms with Crippen molar-refractivity contribution in [2.75, 3.05) is 13.2 Å². The van der Waals surface area contributed by atoms with Gasteiger partial charge >= 0.3 is 0 Å². The van der Waals surface area contributed by atoms with Crippen LogP contribution in [0.4, 0.5) is 0 Å². The van der Waals surface area contributed by atoms with Gasteiger partial charge in [0.15, 0.2) is 17.1 Å². The van der Waals surface area contributed by atoms with Gasteiger partial charge in [0.1, 0.15) is 19.0 Å². The summed E-state index contributed by atoms with van der Waals surface area (Å²) >= 11 is 0. The first-order valence-corrected chi connectivity index (χ1v) is 8.52. The van der Waals surface area contributed by atoms with E-state index in [1.54, 1.807) is 6.20 Å². The van der Waals surface area contributed by atoms with Gasteiger partial charge in [0.2, 0.25) is 5.91 Å². The highest BCUT2D eigenvalue weighted by atomic mass is 16.6. The Morgan fingerprint density at radius 3 is 2.85 bits per heavy atom. The molecule has 134 valence electrons. The van der Waals surface area contributed by atoms with Crippen LogP contribution < -0.4 is 14.8 Å². The molecule has 3 aromatic rings. The van der Waals surface area contributed by atoms with E-state index in [0.717, 1.165) is 11.1 Å². The summed E-state index contributed by atoms with van der Waals surface area (Å²) in [6.07, 6.45) is 1.69. The first-order chi connectivity index (χ1) is 12.5. The van der Waals surface area contributed by atoms with Crippen LogP contribution in [0.5, 0.6) is 11.5 Å². The number of nitrogens with zero attached hydrogens (tertiary/aromatic N) is 2. The van der Waals surface area contributed by atoms with Crippen LogP contribution in [0, 0.1) is 0 Å². The SMILES string of the molecule is CC(C)(C(=O)NCc1nc2ncccc2[nH]1)c1ccc2c(c1)OCCO2. The average molecular weight is 352 g/mol. The summed E-state index contributed by atoms with van der Waals surface area (Å²) in [6, 6.07) is 9.37. The van der Waals surface area contributed by atoms with Gasteiger partial charge < -0.3 is 19.8 Å². The Balaban J connectivity index is 1.49. The third kappa shape index (κ3) is 2.96. The van der Waals surface area contributed by atoms with Crippen LogP contribution in [0.15, 0.2) is 36.5 Å². The zero-order chi connectivity index (χ0) is 18.1. The monoisotopic (exact) mass is 352 g/mol. The number of fused-ring (bicyclic) bond motifs is 2. The Labute approximate surface area is 150 Å². The van der Waals surface area contributed by atoms with E-state index < -0.39 is 5.41 Å². The second kappa shape index (κ2) is 6.33. The molecule has 1 aliphatic rings. The molecule has 0 bridgehead atoms. The Kier molecular flexibility index (Phi) is 3.99. The van der Waals surface area contributed by atoms with Gasteiger partial charge in [0.25, 0.3) is 0 Å². The first-order valence-electron chi connectivity index (χ1n) is 8.52. The third-order valence-corrected chi connectivity index (χ3v) is 4.55. The lowest BCUT2D eigenvalue weighted by Gasteiger charge is -2.26. The molecule has 1 aliphatic heterocycles. The quantitative estimate of drug-likeness (QED) is 0.752. The predicted octanol–water partition coefficient (Wildman–Crippen LogP) is 2.32. The minimum absolute atomic E-state index is 0.0948. The molecule has 0 saturated carbocycles. The lowest BCUT2D eigenvalue weighted by molar-refractivity contribution is -0.125. The molecule has 7 nitrogen and oxygen atoms in total. The number of hydrogen-bond donors (Lipinski definition) is 2. The van der Waals surface area contributed by atoms with Gasteiger partial charge in [-0.1, -0.05) is 6.07 Å². The molecule has 26 heavy (non-hydrogen) atoms. The Morgan fingerprint density at radius 1 is 1.23 bits per heavy atom. The summed E-state index contributed by atoms with van der Waals surface area (Å²) in [4.78, 5) is 24.5. The molecule has 0 unspecified atom stereocenters. The molecule has 7 heteroatoms. The van der Waals surface area contributed by atoms with E-state index in [1.807, 2.05) is 44.2 Å². The number of ether oxygens (including phenoxy) is 2. The van der Waals surface area contributed by atoms with Gasteiger partial charge in [-0.05, 0) is 43.7 Å². The van der Waals surface area contributed by atoms with Crippen LogP contribution in [0.25, 0.3) is 11.2 Å². The van der Waals surface area contributed by atoms with Crippen LogP contribution in [0.3, 0.4) is 0 Å². The summed E-state index contributed by atoms with van der Waals surface area (Å²) in [6.45, 7) is 5.14. The smallest absolute Gasteiger partial charge is 0.230 e. The lowest BCUT2D eigenvalue weighted by atomic mass is 9.83. The van der Waals surface area contributed by atoms with E-state index in [9.17, 15) is 4.79 Å². The van der Waals surface area contributed by atoms with Crippen LogP contribution in [0.2, 0.25) is 0 Å². The molecule has 0 atom stereocenters. The first kappa shape index (κ1) is 16.4. The molecule has 0 saturated heterocycles. The van der Waals surface area contributed by atoms with E-state index in [4.69, 9.17) is 9.47 Å². The van der Waals surface area contributed by atoms with E-state index in [-0.39, 0.29) is 5.91 Å². The number of carbonyl (C=O) groups excluding carboxylic acids is 1. The number of benzene rings is 1. The largest absolute Gasteiger partial charge is 0.486 e. The fraction of sp³-hybridized carbons (Fsp3) is 0.316. The van der Waals surface area contributed by atoms with Crippen molar-refractivity contribution in [3.63, 3.8) is 0 Å². The molecule has 2 N–H and O–H groups in total. The number of carbonyl (C=O) groups is 1. The zero-order valence-corrected chi connectivity index (χ0v) is 14.7. The minimum atomic E-state index is -0.722. The van der Waals surface area contributed by atoms with Crippen molar-refractivity contribution in [3.8, 4) is 11.5 Å². The molecule has 0 fully saturated rings. The second-order valence-electron chi connectivity index (χ2n) is 6.72. The van der Waals surface area contributed by atoms with Crippen LogP contribution in [0.1, 0.15) is 25.2 Å². The van der Waals surface area contributed by atoms with Crippen LogP contribution >= 0.6 is 0 Å². The molecule has 1 amide bonds. The topological polar surface area (TPSA) is 89.1 Å². The van der Waals surface area contributed by atoms with E-state index in [0.29, 0.717) is 42.7 Å². The van der Waals surface area contributed by atoms with Gasteiger partial charge in [-0.25, -0.2) is 9.97 Å². The Morgan fingerprint density at radius 2 is 2.04 bits per heavy atom. The number of aromatic nitrogens is 3. The maximum absolute atomic E-state index is 12.8. The number of rotatable bonds is 4. The number of nitrogens with one attached hydrogen (secondary N) is 2. The number of amides is 1. The maximum atomic E-state index is 12.8. The highest BCUT2D eigenvalue weighted by Crippen LogP contribution is 2.35. The van der Waals surface area contributed by atoms with E-state index in [2.05, 4.69) is 20.3 Å². The maximum Gasteiger partial charge on any atom is 0.230 e. The molecule has 0 spiro atoms. The van der Waals surface area contributed by atoms with E-state index in [1.165, 1.54) is 0 Å². The number of pyridine rings is 1. The van der Waals surface area contributed by atoms with E-state index >= 15 is 0 Å². The number of hydrogen-bond acceptors (Lipinski definition) is 5. The van der Waals surface area contributed by atoms with Gasteiger partial charge in [-0.2, -0.15) is 0 Å². The second-order valence-corrected chi connectivity index (χ2v) is 6.72. The molecular formula is C19H20N4O3. The lowest BCUT2D eigenvalue weighted by Crippen LogP contribution is -2.40. The molecule has 2 aromatic heterocycles. The van der Waals surface area contributed by atoms with Gasteiger partial charge in [-0.15, -0.1) is 0 Å². The zero-order valence-electron chi connectivity index (χ0n) is 14.7. The predicted molar refractivity (Wildman–Crippen MR) is 96.2 cm³/mol. The van der Waals surface area contributed by atoms with Gasteiger partial charge in [0, 0.05) is 6.20 Å². The highest BCUT2D eigenvalue weighted by molar-refractivity contribution is 5.87. The summed E-state index contributed by atoms with van der Waals surface area (Å²) in [5, 5.41) is 2.95. The van der Waals surface area contributed by atoms with Gasteiger partial charge in [-0.3, -0.25) is 4.79 Å². The van der Waals surface area contributed by atoms with Crippen LogP contribution in [-0.2, 0) is 16.8 Å². The fourth-order valence-corrected chi connectivity index (χ4v) is 2.93. The standard InChI is InChI=1S/C19H20N4O3/c1-19(2,12-5-6-14-15(10-12)26-9-8-25-14)18(24)21-11-16-22-13-4-3-7-20-17(13)23-16/h3-7,10H,8-9,11H2,1-2H3,(H,21,24)(H,20,22,23). The Bertz CT molecular complexity index is 931. The molecule has 1 aromatic carbocycles. The van der Waals surface area contributed by atoms with Gasteiger partial charge in [0.05, 0.1) is 17.5 Å². The molecular weight excluding hydrogens is 332 g/mol. The normalized spacial score (nSPS) is 13.6. The summed E-state index contributed by atoms with van der Waals surface area (Å²) in [5.41, 5.74) is 1.64. The summed E-state index contributed by atoms with van der Waals surface area (Å²) in [7, 11) is 0. The van der Waals surface area contributed by atoms with Crippen molar-refractivity contribution in [2.24, 2.45) is 0 Å². The molecule has 4 rings (SSSR count).